The molecule has 0 aromatic heterocycles. The van der Waals surface area contributed by atoms with Crippen LogP contribution >= 0.6 is 0 Å². The second-order valence-corrected chi connectivity index (χ2v) is 6.65. The average Bonchev–Trinajstić information content (AvgIpc) is 2.55. The van der Waals surface area contributed by atoms with E-state index in [2.05, 4.69) is 23.5 Å². The SMILES string of the molecule is CCN(CC)c1cccc(NS(=O)(=O)/C=C/c2ccccc2)c1. The molecular weight excluding hydrogens is 308 g/mol. The van der Waals surface area contributed by atoms with Crippen molar-refractivity contribution >= 4 is 27.5 Å². The molecule has 23 heavy (non-hydrogen) atoms. The molecule has 1 N–H and O–H groups in total. The first kappa shape index (κ1) is 17.1. The van der Waals surface area contributed by atoms with E-state index < -0.39 is 10.0 Å². The molecule has 0 fully saturated rings. The zero-order valence-corrected chi connectivity index (χ0v) is 14.3. The standard InChI is InChI=1S/C18H22N2O2S/c1-3-20(4-2)18-12-8-11-17(15-18)19-23(21,22)14-13-16-9-6-5-7-10-16/h5-15,19H,3-4H2,1-2H3/b14-13+. The lowest BCUT2D eigenvalue weighted by Gasteiger charge is -2.21. The van der Waals surface area contributed by atoms with Crippen LogP contribution in [0.5, 0.6) is 0 Å². The topological polar surface area (TPSA) is 49.4 Å². The van der Waals surface area contributed by atoms with Gasteiger partial charge in [-0.2, -0.15) is 0 Å². The van der Waals surface area contributed by atoms with E-state index in [1.165, 1.54) is 5.41 Å². The summed E-state index contributed by atoms with van der Waals surface area (Å²) in [5.74, 6) is 0. The van der Waals surface area contributed by atoms with E-state index in [9.17, 15) is 8.42 Å². The Bertz CT molecular complexity index is 752. The Morgan fingerprint density at radius 2 is 1.70 bits per heavy atom. The molecule has 0 atom stereocenters. The second-order valence-electron chi connectivity index (χ2n) is 5.08. The van der Waals surface area contributed by atoms with Crippen LogP contribution in [0.4, 0.5) is 11.4 Å². The predicted molar refractivity (Wildman–Crippen MR) is 98.0 cm³/mol. The minimum Gasteiger partial charge on any atom is -0.372 e. The third-order valence-electron chi connectivity index (χ3n) is 3.47. The number of rotatable bonds is 7. The van der Waals surface area contributed by atoms with Gasteiger partial charge < -0.3 is 4.90 Å². The summed E-state index contributed by atoms with van der Waals surface area (Å²) in [6, 6.07) is 16.8. The fraction of sp³-hybridized carbons (Fsp3) is 0.222. The summed E-state index contributed by atoms with van der Waals surface area (Å²) in [6.07, 6.45) is 1.58. The van der Waals surface area contributed by atoms with E-state index in [4.69, 9.17) is 0 Å². The Kier molecular flexibility index (Phi) is 5.82. The summed E-state index contributed by atoms with van der Waals surface area (Å²) in [5, 5.41) is 1.19. The minimum atomic E-state index is -3.54. The third kappa shape index (κ3) is 5.14. The van der Waals surface area contributed by atoms with Gasteiger partial charge in [0, 0.05) is 18.8 Å². The van der Waals surface area contributed by atoms with Gasteiger partial charge in [-0.05, 0) is 43.7 Å². The Labute approximate surface area is 138 Å². The molecule has 0 amide bonds. The predicted octanol–water partition coefficient (Wildman–Crippen LogP) is 3.95. The Hall–Kier alpha value is -2.27. The van der Waals surface area contributed by atoms with E-state index in [0.717, 1.165) is 24.3 Å². The lowest BCUT2D eigenvalue weighted by Crippen LogP contribution is -2.21. The van der Waals surface area contributed by atoms with E-state index in [0.29, 0.717) is 5.69 Å². The normalized spacial score (nSPS) is 11.6. The van der Waals surface area contributed by atoms with Crippen LogP contribution in [0.3, 0.4) is 0 Å². The highest BCUT2D eigenvalue weighted by molar-refractivity contribution is 7.95. The monoisotopic (exact) mass is 330 g/mol. The molecule has 0 saturated carbocycles. The van der Waals surface area contributed by atoms with Gasteiger partial charge >= 0.3 is 0 Å². The lowest BCUT2D eigenvalue weighted by molar-refractivity contribution is 0.609. The number of benzene rings is 2. The van der Waals surface area contributed by atoms with Gasteiger partial charge in [0.1, 0.15) is 0 Å². The molecule has 0 aliphatic rings. The molecule has 5 heteroatoms. The molecule has 2 aromatic carbocycles. The van der Waals surface area contributed by atoms with Gasteiger partial charge in [0.25, 0.3) is 10.0 Å². The van der Waals surface area contributed by atoms with Gasteiger partial charge in [-0.15, -0.1) is 0 Å². The first-order valence-corrected chi connectivity index (χ1v) is 9.19. The first-order chi connectivity index (χ1) is 11.0. The molecule has 0 radical (unpaired) electrons. The Morgan fingerprint density at radius 1 is 1.00 bits per heavy atom. The average molecular weight is 330 g/mol. The van der Waals surface area contributed by atoms with Gasteiger partial charge in [0.15, 0.2) is 0 Å². The van der Waals surface area contributed by atoms with Gasteiger partial charge in [-0.1, -0.05) is 36.4 Å². The van der Waals surface area contributed by atoms with Gasteiger partial charge in [0.2, 0.25) is 0 Å². The molecule has 0 unspecified atom stereocenters. The maximum Gasteiger partial charge on any atom is 0.255 e. The van der Waals surface area contributed by atoms with Crippen molar-refractivity contribution in [2.45, 2.75) is 13.8 Å². The van der Waals surface area contributed by atoms with Crippen LogP contribution in [0, 0.1) is 0 Å². The molecule has 0 spiro atoms. The van der Waals surface area contributed by atoms with Crippen LogP contribution in [-0.2, 0) is 10.0 Å². The van der Waals surface area contributed by atoms with Crippen LogP contribution in [-0.4, -0.2) is 21.5 Å². The zero-order chi connectivity index (χ0) is 16.7. The molecule has 0 saturated heterocycles. The summed E-state index contributed by atoms with van der Waals surface area (Å²) in [4.78, 5) is 2.16. The molecule has 122 valence electrons. The van der Waals surface area contributed by atoms with Crippen molar-refractivity contribution in [3.05, 3.63) is 65.6 Å². The summed E-state index contributed by atoms with van der Waals surface area (Å²) < 4.78 is 27.0. The largest absolute Gasteiger partial charge is 0.372 e. The molecule has 4 nitrogen and oxygen atoms in total. The highest BCUT2D eigenvalue weighted by atomic mass is 32.2. The van der Waals surface area contributed by atoms with Crippen molar-refractivity contribution in [3.63, 3.8) is 0 Å². The molecule has 0 aliphatic heterocycles. The Balaban J connectivity index is 2.14. The number of anilines is 2. The lowest BCUT2D eigenvalue weighted by atomic mass is 10.2. The highest BCUT2D eigenvalue weighted by Gasteiger charge is 2.08. The molecule has 0 bridgehead atoms. The van der Waals surface area contributed by atoms with E-state index in [1.807, 2.05) is 48.5 Å². The molecule has 2 rings (SSSR count). The van der Waals surface area contributed by atoms with Crippen LogP contribution in [0.25, 0.3) is 6.08 Å². The van der Waals surface area contributed by atoms with E-state index in [-0.39, 0.29) is 0 Å². The number of sulfonamides is 1. The van der Waals surface area contributed by atoms with Gasteiger partial charge in [0.05, 0.1) is 11.1 Å². The second kappa shape index (κ2) is 7.83. The summed E-state index contributed by atoms with van der Waals surface area (Å²) >= 11 is 0. The van der Waals surface area contributed by atoms with Crippen molar-refractivity contribution in [2.24, 2.45) is 0 Å². The van der Waals surface area contributed by atoms with E-state index in [1.54, 1.807) is 12.1 Å². The number of nitrogens with one attached hydrogen (secondary N) is 1. The maximum atomic E-state index is 12.2. The van der Waals surface area contributed by atoms with Crippen molar-refractivity contribution in [2.75, 3.05) is 22.7 Å². The van der Waals surface area contributed by atoms with Crippen molar-refractivity contribution in [3.8, 4) is 0 Å². The Morgan fingerprint density at radius 3 is 2.35 bits per heavy atom. The smallest absolute Gasteiger partial charge is 0.255 e. The number of hydrogen-bond donors (Lipinski definition) is 1. The maximum absolute atomic E-state index is 12.2. The van der Waals surface area contributed by atoms with Crippen molar-refractivity contribution in [1.82, 2.24) is 0 Å². The fourth-order valence-electron chi connectivity index (χ4n) is 2.29. The molecule has 0 heterocycles. The fourth-order valence-corrected chi connectivity index (χ4v) is 3.15. The van der Waals surface area contributed by atoms with Crippen molar-refractivity contribution < 1.29 is 8.42 Å². The quantitative estimate of drug-likeness (QED) is 0.836. The number of hydrogen-bond acceptors (Lipinski definition) is 3. The van der Waals surface area contributed by atoms with E-state index >= 15 is 0 Å². The number of nitrogens with zero attached hydrogens (tertiary/aromatic N) is 1. The van der Waals surface area contributed by atoms with Gasteiger partial charge in [-0.25, -0.2) is 8.42 Å². The van der Waals surface area contributed by atoms with Crippen LogP contribution in [0.1, 0.15) is 19.4 Å². The third-order valence-corrected chi connectivity index (χ3v) is 4.49. The summed E-state index contributed by atoms with van der Waals surface area (Å²) in [7, 11) is -3.54. The zero-order valence-electron chi connectivity index (χ0n) is 13.4. The first-order valence-electron chi connectivity index (χ1n) is 7.65. The van der Waals surface area contributed by atoms with Crippen molar-refractivity contribution in [1.29, 1.82) is 0 Å². The molecular formula is C18H22N2O2S. The minimum absolute atomic E-state index is 0.562. The van der Waals surface area contributed by atoms with Crippen LogP contribution in [0.15, 0.2) is 60.0 Å². The van der Waals surface area contributed by atoms with Gasteiger partial charge in [-0.3, -0.25) is 4.72 Å². The van der Waals surface area contributed by atoms with Crippen LogP contribution in [0.2, 0.25) is 0 Å². The highest BCUT2D eigenvalue weighted by Crippen LogP contribution is 2.20. The van der Waals surface area contributed by atoms with Crippen LogP contribution < -0.4 is 9.62 Å². The molecule has 0 aliphatic carbocycles. The molecule has 2 aromatic rings. The summed E-state index contributed by atoms with van der Waals surface area (Å²) in [6.45, 7) is 5.90. The summed E-state index contributed by atoms with van der Waals surface area (Å²) in [5.41, 5.74) is 2.41.